The lowest BCUT2D eigenvalue weighted by molar-refractivity contribution is 0.102. The molecule has 2 aromatic rings. The van der Waals surface area contributed by atoms with E-state index in [9.17, 15) is 9.90 Å². The summed E-state index contributed by atoms with van der Waals surface area (Å²) < 4.78 is 0. The van der Waals surface area contributed by atoms with Gasteiger partial charge in [-0.3, -0.25) is 4.79 Å². The maximum absolute atomic E-state index is 12.3. The van der Waals surface area contributed by atoms with Crippen molar-refractivity contribution in [2.24, 2.45) is 0 Å². The molecule has 0 saturated heterocycles. The van der Waals surface area contributed by atoms with Crippen LogP contribution in [0.5, 0.6) is 5.75 Å². The Balaban J connectivity index is 2.30. The number of phenolic OH excluding ortho intramolecular Hbond substituents is 1. The second-order valence-corrected chi connectivity index (χ2v) is 5.44. The van der Waals surface area contributed by atoms with Crippen molar-refractivity contribution in [3.8, 4) is 5.75 Å². The van der Waals surface area contributed by atoms with E-state index in [2.05, 4.69) is 15.3 Å². The van der Waals surface area contributed by atoms with Gasteiger partial charge in [-0.25, -0.2) is 9.97 Å². The van der Waals surface area contributed by atoms with E-state index in [0.29, 0.717) is 11.5 Å². The van der Waals surface area contributed by atoms with Crippen LogP contribution in [0, 0.1) is 6.92 Å². The lowest BCUT2D eigenvalue weighted by atomic mass is 10.2. The number of nitrogens with one attached hydrogen (secondary N) is 1. The molecule has 2 N–H and O–H groups in total. The zero-order valence-electron chi connectivity index (χ0n) is 12.0. The maximum Gasteiger partial charge on any atom is 0.275 e. The van der Waals surface area contributed by atoms with Crippen LogP contribution in [-0.2, 0) is 0 Å². The molecule has 0 saturated carbocycles. The van der Waals surface area contributed by atoms with E-state index >= 15 is 0 Å². The number of phenols is 1. The van der Waals surface area contributed by atoms with E-state index in [1.165, 1.54) is 12.3 Å². The van der Waals surface area contributed by atoms with E-state index in [-0.39, 0.29) is 22.4 Å². The van der Waals surface area contributed by atoms with Gasteiger partial charge in [0.25, 0.3) is 5.91 Å². The summed E-state index contributed by atoms with van der Waals surface area (Å²) >= 11 is 6.00. The van der Waals surface area contributed by atoms with Crippen molar-refractivity contribution < 1.29 is 9.90 Å². The zero-order chi connectivity index (χ0) is 15.6. The Labute approximate surface area is 128 Å². The molecule has 6 heteroatoms. The Kier molecular flexibility index (Phi) is 4.43. The maximum atomic E-state index is 12.3. The predicted octanol–water partition coefficient (Wildman–Crippen LogP) is 3.52. The quantitative estimate of drug-likeness (QED) is 0.851. The first-order valence-electron chi connectivity index (χ1n) is 6.52. The molecule has 21 heavy (non-hydrogen) atoms. The number of nitrogens with zero attached hydrogens (tertiary/aromatic N) is 2. The van der Waals surface area contributed by atoms with Gasteiger partial charge in [-0.2, -0.15) is 0 Å². The zero-order valence-corrected chi connectivity index (χ0v) is 12.8. The molecule has 2 rings (SSSR count). The minimum atomic E-state index is -0.405. The van der Waals surface area contributed by atoms with Crippen molar-refractivity contribution in [1.29, 1.82) is 0 Å². The number of carbonyl (C=O) groups excluding carboxylic acids is 1. The lowest BCUT2D eigenvalue weighted by Crippen LogP contribution is -2.16. The van der Waals surface area contributed by atoms with E-state index in [1.54, 1.807) is 19.1 Å². The molecular formula is C15H16ClN3O2. The number of halogens is 1. The molecule has 0 aliphatic heterocycles. The van der Waals surface area contributed by atoms with E-state index < -0.39 is 5.91 Å². The summed E-state index contributed by atoms with van der Waals surface area (Å²) in [5, 5.41) is 12.3. The summed E-state index contributed by atoms with van der Waals surface area (Å²) in [5.74, 6) is 0.405. The largest absolute Gasteiger partial charge is 0.508 e. The van der Waals surface area contributed by atoms with Crippen LogP contribution in [0.4, 0.5) is 5.69 Å². The highest BCUT2D eigenvalue weighted by Crippen LogP contribution is 2.22. The normalized spacial score (nSPS) is 10.7. The first-order valence-corrected chi connectivity index (χ1v) is 6.89. The molecule has 1 aromatic heterocycles. The fraction of sp³-hybridized carbons (Fsp3) is 0.267. The van der Waals surface area contributed by atoms with Crippen molar-refractivity contribution in [2.45, 2.75) is 26.7 Å². The molecule has 0 aliphatic carbocycles. The Morgan fingerprint density at radius 3 is 2.71 bits per heavy atom. The molecular weight excluding hydrogens is 290 g/mol. The monoisotopic (exact) mass is 305 g/mol. The number of hydrogen-bond donors (Lipinski definition) is 2. The van der Waals surface area contributed by atoms with Gasteiger partial charge in [-0.1, -0.05) is 25.4 Å². The summed E-state index contributed by atoms with van der Waals surface area (Å²) in [6.45, 7) is 5.67. The van der Waals surface area contributed by atoms with Crippen LogP contribution < -0.4 is 5.32 Å². The van der Waals surface area contributed by atoms with Gasteiger partial charge in [0.15, 0.2) is 5.69 Å². The molecule has 0 radical (unpaired) electrons. The van der Waals surface area contributed by atoms with E-state index in [0.717, 1.165) is 5.56 Å². The number of carbonyl (C=O) groups is 1. The number of amides is 1. The Bertz CT molecular complexity index is 687. The molecule has 5 nitrogen and oxygen atoms in total. The third kappa shape index (κ3) is 3.49. The summed E-state index contributed by atoms with van der Waals surface area (Å²) in [6, 6.07) is 4.70. The van der Waals surface area contributed by atoms with Gasteiger partial charge in [-0.05, 0) is 30.7 Å². The first kappa shape index (κ1) is 15.3. The molecule has 0 spiro atoms. The minimum absolute atomic E-state index is 0.101. The van der Waals surface area contributed by atoms with Crippen LogP contribution in [-0.4, -0.2) is 21.0 Å². The highest BCUT2D eigenvalue weighted by Gasteiger charge is 2.16. The van der Waals surface area contributed by atoms with Crippen molar-refractivity contribution in [2.75, 3.05) is 5.32 Å². The molecule has 1 amide bonds. The van der Waals surface area contributed by atoms with Crippen LogP contribution >= 0.6 is 11.6 Å². The fourth-order valence-corrected chi connectivity index (χ4v) is 1.96. The fourth-order valence-electron chi connectivity index (χ4n) is 1.79. The molecule has 0 aliphatic rings. The van der Waals surface area contributed by atoms with Crippen LogP contribution in [0.1, 0.15) is 41.6 Å². The number of aromatic nitrogens is 2. The molecule has 0 atom stereocenters. The molecule has 110 valence electrons. The second kappa shape index (κ2) is 6.10. The van der Waals surface area contributed by atoms with Crippen molar-refractivity contribution in [3.63, 3.8) is 0 Å². The number of hydrogen-bond acceptors (Lipinski definition) is 4. The molecule has 0 bridgehead atoms. The van der Waals surface area contributed by atoms with E-state index in [1.807, 2.05) is 13.8 Å². The van der Waals surface area contributed by atoms with Gasteiger partial charge in [0.2, 0.25) is 0 Å². The summed E-state index contributed by atoms with van der Waals surface area (Å²) in [7, 11) is 0. The Hall–Kier alpha value is -2.14. The number of aryl methyl sites for hydroxylation is 1. The standard InChI is InChI=1S/C15H16ClN3O2/c1-8(2)14-17-7-11(16)13(19-14)15(21)18-12-5-4-10(20)6-9(12)3/h4-8,20H,1-3H3,(H,18,21). The predicted molar refractivity (Wildman–Crippen MR) is 81.9 cm³/mol. The number of aromatic hydroxyl groups is 1. The average molecular weight is 306 g/mol. The summed E-state index contributed by atoms with van der Waals surface area (Å²) in [5.41, 5.74) is 1.49. The topological polar surface area (TPSA) is 75.1 Å². The summed E-state index contributed by atoms with van der Waals surface area (Å²) in [4.78, 5) is 20.6. The van der Waals surface area contributed by atoms with Gasteiger partial charge >= 0.3 is 0 Å². The van der Waals surface area contributed by atoms with Crippen molar-refractivity contribution >= 4 is 23.2 Å². The number of rotatable bonds is 3. The smallest absolute Gasteiger partial charge is 0.275 e. The van der Waals surface area contributed by atoms with E-state index in [4.69, 9.17) is 11.6 Å². The van der Waals surface area contributed by atoms with Gasteiger partial charge in [0, 0.05) is 11.6 Å². The molecule has 1 heterocycles. The van der Waals surface area contributed by atoms with Gasteiger partial charge in [-0.15, -0.1) is 0 Å². The Morgan fingerprint density at radius 2 is 2.10 bits per heavy atom. The average Bonchev–Trinajstić information content (AvgIpc) is 2.42. The minimum Gasteiger partial charge on any atom is -0.508 e. The number of anilines is 1. The molecule has 0 fully saturated rings. The molecule has 1 aromatic carbocycles. The second-order valence-electron chi connectivity index (χ2n) is 5.03. The van der Waals surface area contributed by atoms with Crippen LogP contribution in [0.2, 0.25) is 5.02 Å². The third-order valence-electron chi connectivity index (χ3n) is 2.95. The first-order chi connectivity index (χ1) is 9.88. The van der Waals surface area contributed by atoms with Crippen LogP contribution in [0.3, 0.4) is 0 Å². The molecule has 0 unspecified atom stereocenters. The summed E-state index contributed by atoms with van der Waals surface area (Å²) in [6.07, 6.45) is 1.43. The number of benzene rings is 1. The Morgan fingerprint density at radius 1 is 1.38 bits per heavy atom. The highest BCUT2D eigenvalue weighted by atomic mass is 35.5. The van der Waals surface area contributed by atoms with Gasteiger partial charge in [0.05, 0.1) is 11.2 Å². The lowest BCUT2D eigenvalue weighted by Gasteiger charge is -2.10. The van der Waals surface area contributed by atoms with Crippen molar-refractivity contribution in [3.05, 3.63) is 46.5 Å². The SMILES string of the molecule is Cc1cc(O)ccc1NC(=O)c1nc(C(C)C)ncc1Cl. The van der Waals surface area contributed by atoms with Gasteiger partial charge < -0.3 is 10.4 Å². The van der Waals surface area contributed by atoms with Gasteiger partial charge in [0.1, 0.15) is 11.6 Å². The van der Waals surface area contributed by atoms with Crippen molar-refractivity contribution in [1.82, 2.24) is 9.97 Å². The van der Waals surface area contributed by atoms with Crippen LogP contribution in [0.15, 0.2) is 24.4 Å². The third-order valence-corrected chi connectivity index (χ3v) is 3.23. The van der Waals surface area contributed by atoms with Crippen LogP contribution in [0.25, 0.3) is 0 Å². The highest BCUT2D eigenvalue weighted by molar-refractivity contribution is 6.33.